The average Bonchev–Trinajstić information content (AvgIpc) is 2.47. The zero-order valence-electron chi connectivity index (χ0n) is 10.5. The molecule has 0 heterocycles. The lowest BCUT2D eigenvalue weighted by Crippen LogP contribution is -2.03. The van der Waals surface area contributed by atoms with Crippen LogP contribution in [-0.2, 0) is 4.79 Å². The number of esters is 1. The number of benzene rings is 2. The summed E-state index contributed by atoms with van der Waals surface area (Å²) in [4.78, 5) is 11.6. The molecule has 0 radical (unpaired) electrons. The van der Waals surface area contributed by atoms with Crippen LogP contribution in [0.4, 0.5) is 0 Å². The van der Waals surface area contributed by atoms with Crippen molar-refractivity contribution in [3.05, 3.63) is 78.4 Å². The molecule has 0 saturated heterocycles. The molecule has 19 heavy (non-hydrogen) atoms. The van der Waals surface area contributed by atoms with Gasteiger partial charge in [0.2, 0.25) is 0 Å². The third kappa shape index (κ3) is 3.96. The molecular formula is C17H14O2. The highest BCUT2D eigenvalue weighted by atomic mass is 16.5. The van der Waals surface area contributed by atoms with E-state index in [-0.39, 0.29) is 0 Å². The summed E-state index contributed by atoms with van der Waals surface area (Å²) < 4.78 is 5.18. The van der Waals surface area contributed by atoms with Crippen molar-refractivity contribution >= 4 is 18.1 Å². The van der Waals surface area contributed by atoms with Crippen LogP contribution in [0.1, 0.15) is 11.1 Å². The van der Waals surface area contributed by atoms with Gasteiger partial charge in [0, 0.05) is 6.08 Å². The van der Waals surface area contributed by atoms with Crippen LogP contribution in [0.5, 0.6) is 5.75 Å². The Labute approximate surface area is 112 Å². The van der Waals surface area contributed by atoms with Crippen LogP contribution in [0.3, 0.4) is 0 Å². The van der Waals surface area contributed by atoms with Gasteiger partial charge in [0.15, 0.2) is 0 Å². The second-order valence-corrected chi connectivity index (χ2v) is 3.94. The maximum Gasteiger partial charge on any atom is 0.336 e. The minimum Gasteiger partial charge on any atom is -0.423 e. The van der Waals surface area contributed by atoms with Crippen molar-refractivity contribution in [2.45, 2.75) is 0 Å². The van der Waals surface area contributed by atoms with Crippen molar-refractivity contribution in [3.8, 4) is 5.75 Å². The molecule has 0 aliphatic heterocycles. The summed E-state index contributed by atoms with van der Waals surface area (Å²) in [6.45, 7) is 3.67. The molecule has 2 aromatic carbocycles. The van der Waals surface area contributed by atoms with Crippen LogP contribution in [-0.4, -0.2) is 5.97 Å². The van der Waals surface area contributed by atoms with Gasteiger partial charge in [-0.1, -0.05) is 55.1 Å². The number of ether oxygens (including phenoxy) is 1. The Hall–Kier alpha value is -2.61. The molecule has 0 aromatic heterocycles. The summed E-state index contributed by atoms with van der Waals surface area (Å²) in [5, 5.41) is 0. The van der Waals surface area contributed by atoms with E-state index < -0.39 is 5.97 Å². The maximum atomic E-state index is 11.6. The molecule has 2 heteroatoms. The van der Waals surface area contributed by atoms with Crippen molar-refractivity contribution in [1.82, 2.24) is 0 Å². The topological polar surface area (TPSA) is 26.3 Å². The van der Waals surface area contributed by atoms with Gasteiger partial charge in [-0.25, -0.2) is 4.79 Å². The first kappa shape index (κ1) is 12.8. The molecule has 94 valence electrons. The van der Waals surface area contributed by atoms with E-state index in [1.54, 1.807) is 24.3 Å². The molecule has 0 bridgehead atoms. The van der Waals surface area contributed by atoms with Gasteiger partial charge >= 0.3 is 5.97 Å². The number of hydrogen-bond donors (Lipinski definition) is 0. The molecule has 0 N–H and O–H groups in total. The summed E-state index contributed by atoms with van der Waals surface area (Å²) in [5.41, 5.74) is 1.95. The third-order valence-corrected chi connectivity index (χ3v) is 2.55. The lowest BCUT2D eigenvalue weighted by molar-refractivity contribution is -0.128. The molecule has 2 nitrogen and oxygen atoms in total. The van der Waals surface area contributed by atoms with E-state index in [9.17, 15) is 4.79 Å². The molecule has 0 fully saturated rings. The van der Waals surface area contributed by atoms with Crippen LogP contribution in [0.25, 0.3) is 12.2 Å². The van der Waals surface area contributed by atoms with Gasteiger partial charge in [0.05, 0.1) is 0 Å². The van der Waals surface area contributed by atoms with E-state index in [2.05, 4.69) is 6.58 Å². The molecule has 0 unspecified atom stereocenters. The third-order valence-electron chi connectivity index (χ3n) is 2.55. The smallest absolute Gasteiger partial charge is 0.336 e. The quantitative estimate of drug-likeness (QED) is 0.466. The summed E-state index contributed by atoms with van der Waals surface area (Å²) >= 11 is 0. The van der Waals surface area contributed by atoms with Crippen molar-refractivity contribution < 1.29 is 9.53 Å². The van der Waals surface area contributed by atoms with Gasteiger partial charge in [-0.05, 0) is 29.3 Å². The van der Waals surface area contributed by atoms with Gasteiger partial charge in [0.25, 0.3) is 0 Å². The Bertz CT molecular complexity index is 580. The molecule has 0 aliphatic rings. The fraction of sp³-hybridized carbons (Fsp3) is 0. The molecule has 2 rings (SSSR count). The minimum atomic E-state index is -0.393. The Morgan fingerprint density at radius 2 is 1.63 bits per heavy atom. The first-order valence-corrected chi connectivity index (χ1v) is 5.95. The zero-order chi connectivity index (χ0) is 13.5. The molecule has 0 saturated carbocycles. The van der Waals surface area contributed by atoms with Crippen LogP contribution < -0.4 is 4.74 Å². The second kappa shape index (κ2) is 6.36. The van der Waals surface area contributed by atoms with Gasteiger partial charge in [-0.15, -0.1) is 0 Å². The van der Waals surface area contributed by atoms with E-state index in [1.165, 1.54) is 6.08 Å². The maximum absolute atomic E-state index is 11.6. The molecule has 0 atom stereocenters. The standard InChI is InChI=1S/C17H14O2/c1-2-14-8-11-16(12-9-14)19-17(18)13-10-15-6-4-3-5-7-15/h2-13H,1H2/b13-10+. The highest BCUT2D eigenvalue weighted by Gasteiger charge is 1.99. The molecule has 2 aromatic rings. The van der Waals surface area contributed by atoms with Gasteiger partial charge in [-0.3, -0.25) is 0 Å². The minimum absolute atomic E-state index is 0.393. The normalized spacial score (nSPS) is 10.3. The van der Waals surface area contributed by atoms with E-state index in [0.717, 1.165) is 11.1 Å². The summed E-state index contributed by atoms with van der Waals surface area (Å²) in [5.74, 6) is 0.128. The number of carbonyl (C=O) groups excluding carboxylic acids is 1. The van der Waals surface area contributed by atoms with Crippen LogP contribution in [0.15, 0.2) is 67.3 Å². The zero-order valence-corrected chi connectivity index (χ0v) is 10.5. The Morgan fingerprint density at radius 1 is 0.947 bits per heavy atom. The molecular weight excluding hydrogens is 236 g/mol. The van der Waals surface area contributed by atoms with Gasteiger partial charge in [0.1, 0.15) is 5.75 Å². The Morgan fingerprint density at radius 3 is 2.26 bits per heavy atom. The summed E-state index contributed by atoms with van der Waals surface area (Å²) in [7, 11) is 0. The van der Waals surface area contributed by atoms with Gasteiger partial charge < -0.3 is 4.74 Å². The molecule has 0 aliphatic carbocycles. The molecule has 0 amide bonds. The first-order valence-electron chi connectivity index (χ1n) is 5.95. The summed E-state index contributed by atoms with van der Waals surface area (Å²) in [6.07, 6.45) is 4.87. The Balaban J connectivity index is 1.97. The van der Waals surface area contributed by atoms with E-state index in [1.807, 2.05) is 42.5 Å². The fourth-order valence-corrected chi connectivity index (χ4v) is 1.55. The lowest BCUT2D eigenvalue weighted by atomic mass is 10.2. The van der Waals surface area contributed by atoms with E-state index in [0.29, 0.717) is 5.75 Å². The van der Waals surface area contributed by atoms with Crippen molar-refractivity contribution in [2.24, 2.45) is 0 Å². The number of hydrogen-bond acceptors (Lipinski definition) is 2. The largest absolute Gasteiger partial charge is 0.423 e. The van der Waals surface area contributed by atoms with Crippen LogP contribution >= 0.6 is 0 Å². The first-order chi connectivity index (χ1) is 9.28. The molecule has 0 spiro atoms. The number of rotatable bonds is 4. The van der Waals surface area contributed by atoms with Crippen LogP contribution in [0, 0.1) is 0 Å². The highest BCUT2D eigenvalue weighted by molar-refractivity contribution is 5.88. The van der Waals surface area contributed by atoms with Crippen molar-refractivity contribution in [2.75, 3.05) is 0 Å². The van der Waals surface area contributed by atoms with E-state index >= 15 is 0 Å². The van der Waals surface area contributed by atoms with Gasteiger partial charge in [-0.2, -0.15) is 0 Å². The lowest BCUT2D eigenvalue weighted by Gasteiger charge is -2.01. The summed E-state index contributed by atoms with van der Waals surface area (Å²) in [6, 6.07) is 16.8. The van der Waals surface area contributed by atoms with E-state index in [4.69, 9.17) is 4.74 Å². The average molecular weight is 250 g/mol. The predicted molar refractivity (Wildman–Crippen MR) is 77.6 cm³/mol. The highest BCUT2D eigenvalue weighted by Crippen LogP contribution is 2.13. The number of carbonyl (C=O) groups is 1. The van der Waals surface area contributed by atoms with Crippen molar-refractivity contribution in [1.29, 1.82) is 0 Å². The van der Waals surface area contributed by atoms with Crippen LogP contribution in [0.2, 0.25) is 0 Å². The fourth-order valence-electron chi connectivity index (χ4n) is 1.55. The predicted octanol–water partition coefficient (Wildman–Crippen LogP) is 3.95. The second-order valence-electron chi connectivity index (χ2n) is 3.94. The Kier molecular flexibility index (Phi) is 4.29. The monoisotopic (exact) mass is 250 g/mol. The SMILES string of the molecule is C=Cc1ccc(OC(=O)/C=C/c2ccccc2)cc1. The van der Waals surface area contributed by atoms with Crippen molar-refractivity contribution in [3.63, 3.8) is 0 Å².